The third-order valence-corrected chi connectivity index (χ3v) is 9.57. The van der Waals surface area contributed by atoms with E-state index in [1.807, 2.05) is 6.07 Å². The van der Waals surface area contributed by atoms with E-state index in [-0.39, 0.29) is 31.0 Å². The first-order chi connectivity index (χ1) is 20.2. The lowest BCUT2D eigenvalue weighted by molar-refractivity contribution is -0.172. The van der Waals surface area contributed by atoms with Crippen LogP contribution in [0.5, 0.6) is 0 Å². The summed E-state index contributed by atoms with van der Waals surface area (Å²) < 4.78 is 12.3. The van der Waals surface area contributed by atoms with Crippen LogP contribution < -0.4 is 16.2 Å². The number of hydrogen-bond donors (Lipinski definition) is 2. The number of fused-ring (bicyclic) bond motifs is 5. The number of rotatable bonds is 5. The number of anilines is 1. The van der Waals surface area contributed by atoms with Gasteiger partial charge in [-0.05, 0) is 68.4 Å². The van der Waals surface area contributed by atoms with Crippen LogP contribution in [0.4, 0.5) is 10.5 Å². The van der Waals surface area contributed by atoms with Gasteiger partial charge in [0.05, 0.1) is 35.2 Å². The van der Waals surface area contributed by atoms with Crippen molar-refractivity contribution >= 4 is 28.7 Å². The van der Waals surface area contributed by atoms with Gasteiger partial charge in [-0.2, -0.15) is 0 Å². The van der Waals surface area contributed by atoms with E-state index < -0.39 is 17.7 Å². The number of amides is 1. The Kier molecular flexibility index (Phi) is 6.28. The smallest absolute Gasteiger partial charge is 0.406 e. The quantitative estimate of drug-likeness (QED) is 0.345. The third-order valence-electron chi connectivity index (χ3n) is 9.57. The van der Waals surface area contributed by atoms with Crippen LogP contribution in [0.2, 0.25) is 0 Å². The average Bonchev–Trinajstić information content (AvgIpc) is 3.72. The minimum Gasteiger partial charge on any atom is -0.458 e. The number of esters is 1. The number of aliphatic hydroxyl groups is 1. The van der Waals surface area contributed by atoms with Crippen molar-refractivity contribution in [1.82, 2.24) is 14.5 Å². The number of carbonyl (C=O) groups is 2. The van der Waals surface area contributed by atoms with Crippen molar-refractivity contribution in [2.45, 2.75) is 83.5 Å². The molecular formula is C31H35N5O6. The van der Waals surface area contributed by atoms with E-state index in [1.165, 1.54) is 0 Å². The molecule has 3 atom stereocenters. The van der Waals surface area contributed by atoms with Crippen molar-refractivity contribution in [3.63, 3.8) is 0 Å². The van der Waals surface area contributed by atoms with Crippen molar-refractivity contribution in [3.8, 4) is 11.4 Å². The zero-order valence-corrected chi connectivity index (χ0v) is 23.9. The number of cyclic esters (lactones) is 1. The number of aromatic nitrogens is 2. The topological polar surface area (TPSA) is 140 Å². The Hall–Kier alpha value is -3.96. The van der Waals surface area contributed by atoms with Crippen molar-refractivity contribution in [2.24, 2.45) is 5.73 Å². The van der Waals surface area contributed by atoms with Crippen LogP contribution in [0.25, 0.3) is 22.3 Å². The summed E-state index contributed by atoms with van der Waals surface area (Å²) in [4.78, 5) is 47.4. The average molecular weight is 574 g/mol. The number of benzene rings is 1. The standard InChI is InChI=1S/C31H35N5O6/c1-3-18-19-13-17(34-11-5-7-25(34)35-12-6-8-26(35)42-30(32)39)9-10-23(19)33-27-20(18)15-36-24(27)14-22-21(28(36)37)16-41-29(38)31(22,40)4-2/h9-10,13-14,25-26,40H,3-8,11-12,15-16H2,1-2H3,(H2,32,39)/t25?,26?,31-/m0/s1. The second-order valence-corrected chi connectivity index (χ2v) is 11.7. The van der Waals surface area contributed by atoms with Gasteiger partial charge in [-0.25, -0.2) is 19.5 Å². The van der Waals surface area contributed by atoms with Crippen molar-refractivity contribution < 1.29 is 24.2 Å². The number of ether oxygens (including phenoxy) is 2. The van der Waals surface area contributed by atoms with Gasteiger partial charge in [-0.3, -0.25) is 4.79 Å². The summed E-state index contributed by atoms with van der Waals surface area (Å²) in [6.45, 7) is 5.78. The highest BCUT2D eigenvalue weighted by Crippen LogP contribution is 2.41. The predicted octanol–water partition coefficient (Wildman–Crippen LogP) is 3.09. The number of nitrogens with two attached hydrogens (primary N) is 1. The molecule has 4 aliphatic rings. The van der Waals surface area contributed by atoms with Crippen molar-refractivity contribution in [2.75, 3.05) is 18.0 Å². The number of likely N-dealkylation sites (tertiary alicyclic amines) is 1. The maximum Gasteiger partial charge on any atom is 0.406 e. The van der Waals surface area contributed by atoms with E-state index in [4.69, 9.17) is 20.2 Å². The van der Waals surface area contributed by atoms with Gasteiger partial charge in [-0.15, -0.1) is 0 Å². The lowest BCUT2D eigenvalue weighted by atomic mass is 9.86. The molecule has 1 amide bonds. The van der Waals surface area contributed by atoms with Crippen LogP contribution in [0, 0.1) is 0 Å². The molecule has 6 heterocycles. The second kappa shape index (κ2) is 9.81. The molecule has 2 saturated heterocycles. The molecular weight excluding hydrogens is 538 g/mol. The maximum atomic E-state index is 13.6. The molecule has 0 radical (unpaired) electrons. The molecule has 3 aromatic rings. The van der Waals surface area contributed by atoms with Gasteiger partial charge in [0.15, 0.2) is 11.8 Å². The van der Waals surface area contributed by atoms with Crippen LogP contribution in [0.3, 0.4) is 0 Å². The van der Waals surface area contributed by atoms with Crippen LogP contribution in [-0.2, 0) is 39.4 Å². The van der Waals surface area contributed by atoms with Crippen LogP contribution in [0.15, 0.2) is 29.1 Å². The molecule has 11 heteroatoms. The molecule has 220 valence electrons. The predicted molar refractivity (Wildman–Crippen MR) is 155 cm³/mol. The molecule has 0 saturated carbocycles. The lowest BCUT2D eigenvalue weighted by Gasteiger charge is -2.36. The molecule has 1 aromatic carbocycles. The number of primary amides is 1. The van der Waals surface area contributed by atoms with Gasteiger partial charge in [-0.1, -0.05) is 13.8 Å². The van der Waals surface area contributed by atoms with Gasteiger partial charge in [0.2, 0.25) is 0 Å². The van der Waals surface area contributed by atoms with Crippen LogP contribution in [0.1, 0.15) is 68.2 Å². The minimum atomic E-state index is -1.85. The molecule has 2 aromatic heterocycles. The summed E-state index contributed by atoms with van der Waals surface area (Å²) in [6.07, 6.45) is 3.65. The first-order valence-corrected chi connectivity index (χ1v) is 14.9. The zero-order chi connectivity index (χ0) is 29.3. The highest BCUT2D eigenvalue weighted by atomic mass is 16.6. The fraction of sp³-hybridized carbons (Fsp3) is 0.484. The zero-order valence-electron chi connectivity index (χ0n) is 23.9. The molecule has 0 bridgehead atoms. The Bertz CT molecular complexity index is 1700. The monoisotopic (exact) mass is 573 g/mol. The summed E-state index contributed by atoms with van der Waals surface area (Å²) in [5.74, 6) is -0.727. The first kappa shape index (κ1) is 26.9. The third kappa shape index (κ3) is 3.86. The summed E-state index contributed by atoms with van der Waals surface area (Å²) >= 11 is 0. The number of nitrogens with zero attached hydrogens (tertiary/aromatic N) is 4. The fourth-order valence-corrected chi connectivity index (χ4v) is 7.49. The Morgan fingerprint density at radius 2 is 1.98 bits per heavy atom. The van der Waals surface area contributed by atoms with Gasteiger partial charge in [0.25, 0.3) is 5.56 Å². The van der Waals surface area contributed by atoms with E-state index >= 15 is 0 Å². The van der Waals surface area contributed by atoms with E-state index in [2.05, 4.69) is 28.9 Å². The van der Waals surface area contributed by atoms with Gasteiger partial charge < -0.3 is 29.8 Å². The normalized spacial score (nSPS) is 24.9. The van der Waals surface area contributed by atoms with E-state index in [1.54, 1.807) is 17.6 Å². The molecule has 42 heavy (non-hydrogen) atoms. The molecule has 7 rings (SSSR count). The largest absolute Gasteiger partial charge is 0.458 e. The maximum absolute atomic E-state index is 13.6. The molecule has 2 fully saturated rings. The molecule has 2 unspecified atom stereocenters. The minimum absolute atomic E-state index is 0.104. The fourth-order valence-electron chi connectivity index (χ4n) is 7.49. The van der Waals surface area contributed by atoms with Crippen molar-refractivity contribution in [3.05, 3.63) is 56.9 Å². The molecule has 0 aliphatic carbocycles. The first-order valence-electron chi connectivity index (χ1n) is 14.9. The summed E-state index contributed by atoms with van der Waals surface area (Å²) in [6, 6.07) is 8.06. The number of aryl methyl sites for hydroxylation is 1. The summed E-state index contributed by atoms with van der Waals surface area (Å²) in [7, 11) is 0. The van der Waals surface area contributed by atoms with E-state index in [9.17, 15) is 19.5 Å². The highest BCUT2D eigenvalue weighted by molar-refractivity contribution is 5.91. The van der Waals surface area contributed by atoms with Crippen LogP contribution >= 0.6 is 0 Å². The molecule has 3 N–H and O–H groups in total. The Labute approximate surface area is 242 Å². The Morgan fingerprint density at radius 1 is 1.17 bits per heavy atom. The Morgan fingerprint density at radius 3 is 2.74 bits per heavy atom. The number of carbonyl (C=O) groups excluding carboxylic acids is 2. The lowest BCUT2D eigenvalue weighted by Crippen LogP contribution is -2.48. The van der Waals surface area contributed by atoms with Gasteiger partial charge >= 0.3 is 12.1 Å². The Balaban J connectivity index is 1.30. The summed E-state index contributed by atoms with van der Waals surface area (Å²) in [5.41, 5.74) is 9.24. The number of pyridine rings is 2. The highest BCUT2D eigenvalue weighted by Gasteiger charge is 2.45. The number of hydrogen-bond acceptors (Lipinski definition) is 9. The van der Waals surface area contributed by atoms with Gasteiger partial charge in [0, 0.05) is 35.3 Å². The molecule has 4 aliphatic heterocycles. The van der Waals surface area contributed by atoms with Crippen LogP contribution in [-0.4, -0.2) is 57.1 Å². The molecule has 11 nitrogen and oxygen atoms in total. The molecule has 0 spiro atoms. The van der Waals surface area contributed by atoms with Gasteiger partial charge in [0.1, 0.15) is 6.61 Å². The van der Waals surface area contributed by atoms with E-state index in [0.29, 0.717) is 29.1 Å². The van der Waals surface area contributed by atoms with E-state index in [0.717, 1.165) is 72.9 Å². The van der Waals surface area contributed by atoms with Crippen molar-refractivity contribution in [1.29, 1.82) is 0 Å². The summed E-state index contributed by atoms with van der Waals surface area (Å²) in [5, 5.41) is 12.2. The SMILES string of the molecule is CCc1c2c(nc3ccc(N4CCCC4N4CCCC4OC(N)=O)cc13)-c1cc3c(c(=O)n1C2)COC(=O)[C@]3(O)CC. The second-order valence-electron chi connectivity index (χ2n) is 11.7.